The molecule has 7 nitrogen and oxygen atoms in total. The third-order valence-corrected chi connectivity index (χ3v) is 6.14. The van der Waals surface area contributed by atoms with Gasteiger partial charge in [0.25, 0.3) is 0 Å². The van der Waals surface area contributed by atoms with Crippen molar-refractivity contribution < 1.29 is 9.53 Å². The number of halogens is 1. The van der Waals surface area contributed by atoms with E-state index in [1.54, 1.807) is 7.11 Å². The number of guanidine groups is 1. The van der Waals surface area contributed by atoms with Crippen molar-refractivity contribution in [1.82, 2.24) is 15.1 Å². The summed E-state index contributed by atoms with van der Waals surface area (Å²) in [6.07, 6.45) is 5.03. The molecule has 2 saturated heterocycles. The number of methoxy groups -OCH3 is 1. The van der Waals surface area contributed by atoms with Gasteiger partial charge < -0.3 is 20.7 Å². The number of nitrogens with zero attached hydrogens (tertiary/aromatic N) is 3. The molecule has 2 unspecified atom stereocenters. The summed E-state index contributed by atoms with van der Waals surface area (Å²) in [6.45, 7) is 7.58. The lowest BCUT2D eigenvalue weighted by Crippen LogP contribution is -2.47. The second-order valence-corrected chi connectivity index (χ2v) is 8.32. The van der Waals surface area contributed by atoms with Crippen LogP contribution in [0.5, 0.6) is 5.75 Å². The van der Waals surface area contributed by atoms with E-state index in [4.69, 9.17) is 15.5 Å². The fourth-order valence-corrected chi connectivity index (χ4v) is 4.71. The second-order valence-electron chi connectivity index (χ2n) is 8.32. The number of hydrogen-bond acceptors (Lipinski definition) is 4. The number of primary amides is 1. The minimum Gasteiger partial charge on any atom is -0.496 e. The average molecular weight is 543 g/mol. The minimum atomic E-state index is -0.214. The number of nitrogens with one attached hydrogen (secondary N) is 1. The van der Waals surface area contributed by atoms with Crippen LogP contribution in [0.4, 0.5) is 0 Å². The lowest BCUT2D eigenvalue weighted by molar-refractivity contribution is -0.119. The van der Waals surface area contributed by atoms with Gasteiger partial charge in [-0.1, -0.05) is 18.2 Å². The molecule has 3 rings (SSSR count). The second kappa shape index (κ2) is 13.1. The van der Waals surface area contributed by atoms with E-state index in [2.05, 4.69) is 34.2 Å². The Kier molecular flexibility index (Phi) is 10.9. The maximum Gasteiger partial charge on any atom is 0.217 e. The Labute approximate surface area is 203 Å². The van der Waals surface area contributed by atoms with Gasteiger partial charge in [0.1, 0.15) is 5.75 Å². The van der Waals surface area contributed by atoms with Crippen LogP contribution in [0, 0.1) is 5.92 Å². The molecule has 0 spiro atoms. The zero-order valence-electron chi connectivity index (χ0n) is 18.9. The molecule has 2 fully saturated rings. The first-order chi connectivity index (χ1) is 14.6. The van der Waals surface area contributed by atoms with Gasteiger partial charge in [0.05, 0.1) is 19.7 Å². The summed E-state index contributed by atoms with van der Waals surface area (Å²) < 4.78 is 5.66. The van der Waals surface area contributed by atoms with E-state index in [1.165, 1.54) is 18.4 Å². The summed E-state index contributed by atoms with van der Waals surface area (Å²) in [4.78, 5) is 21.3. The highest BCUT2D eigenvalue weighted by molar-refractivity contribution is 14.0. The van der Waals surface area contributed by atoms with E-state index in [1.807, 2.05) is 12.1 Å². The zero-order chi connectivity index (χ0) is 21.3. The van der Waals surface area contributed by atoms with E-state index >= 15 is 0 Å². The minimum absolute atomic E-state index is 0. The van der Waals surface area contributed by atoms with Gasteiger partial charge in [0.2, 0.25) is 5.91 Å². The van der Waals surface area contributed by atoms with Crippen LogP contribution in [0.25, 0.3) is 0 Å². The third kappa shape index (κ3) is 7.24. The van der Waals surface area contributed by atoms with Crippen molar-refractivity contribution >= 4 is 35.8 Å². The van der Waals surface area contributed by atoms with E-state index in [0.29, 0.717) is 18.9 Å². The number of nitrogens with two attached hydrogens (primary N) is 1. The van der Waals surface area contributed by atoms with Crippen molar-refractivity contribution in [3.05, 3.63) is 29.8 Å². The molecule has 2 aliphatic heterocycles. The van der Waals surface area contributed by atoms with Crippen molar-refractivity contribution in [2.75, 3.05) is 46.4 Å². The van der Waals surface area contributed by atoms with Gasteiger partial charge in [0, 0.05) is 31.6 Å². The summed E-state index contributed by atoms with van der Waals surface area (Å²) in [6, 6.07) is 8.49. The average Bonchev–Trinajstić information content (AvgIpc) is 3.28. The van der Waals surface area contributed by atoms with Crippen LogP contribution in [0.2, 0.25) is 0 Å². The largest absolute Gasteiger partial charge is 0.496 e. The van der Waals surface area contributed by atoms with Crippen LogP contribution >= 0.6 is 24.0 Å². The van der Waals surface area contributed by atoms with Gasteiger partial charge in [-0.3, -0.25) is 14.7 Å². The van der Waals surface area contributed by atoms with Crippen LogP contribution < -0.4 is 15.8 Å². The molecule has 2 heterocycles. The fourth-order valence-electron chi connectivity index (χ4n) is 4.71. The number of carbonyl (C=O) groups excluding carboxylic acids is 1. The monoisotopic (exact) mass is 543 g/mol. The first kappa shape index (κ1) is 25.7. The number of carbonyl (C=O) groups is 1. The fraction of sp³-hybridized carbons (Fsp3) is 0.652. The lowest BCUT2D eigenvalue weighted by Gasteiger charge is -2.35. The van der Waals surface area contributed by atoms with Crippen molar-refractivity contribution in [2.24, 2.45) is 16.6 Å². The maximum atomic E-state index is 11.4. The molecular weight excluding hydrogens is 505 g/mol. The van der Waals surface area contributed by atoms with Crippen LogP contribution in [0.1, 0.15) is 50.6 Å². The molecule has 0 aliphatic carbocycles. The number of amides is 1. The van der Waals surface area contributed by atoms with E-state index in [9.17, 15) is 4.79 Å². The van der Waals surface area contributed by atoms with Crippen molar-refractivity contribution in [2.45, 2.75) is 45.1 Å². The number of para-hydroxylation sites is 1. The molecule has 8 heteroatoms. The van der Waals surface area contributed by atoms with Gasteiger partial charge in [-0.2, -0.15) is 0 Å². The number of piperidine rings is 1. The highest BCUT2D eigenvalue weighted by atomic mass is 127. The van der Waals surface area contributed by atoms with Crippen molar-refractivity contribution in [1.29, 1.82) is 0 Å². The van der Waals surface area contributed by atoms with Crippen LogP contribution in [0.15, 0.2) is 29.3 Å². The van der Waals surface area contributed by atoms with Gasteiger partial charge in [-0.15, -0.1) is 24.0 Å². The molecule has 0 radical (unpaired) electrons. The molecule has 0 aromatic heterocycles. The van der Waals surface area contributed by atoms with E-state index < -0.39 is 0 Å². The smallest absolute Gasteiger partial charge is 0.217 e. The molecule has 1 amide bonds. The highest BCUT2D eigenvalue weighted by Crippen LogP contribution is 2.32. The number of rotatable bonds is 8. The quantitative estimate of drug-likeness (QED) is 0.299. The Balaban J connectivity index is 0.00000341. The lowest BCUT2D eigenvalue weighted by atomic mass is 9.95. The Hall–Kier alpha value is -1.55. The predicted octanol–water partition coefficient (Wildman–Crippen LogP) is 3.00. The maximum absolute atomic E-state index is 11.4. The molecule has 3 N–H and O–H groups in total. The van der Waals surface area contributed by atoms with Gasteiger partial charge >= 0.3 is 0 Å². The number of ether oxygens (including phenoxy) is 1. The molecule has 31 heavy (non-hydrogen) atoms. The molecule has 174 valence electrons. The van der Waals surface area contributed by atoms with Crippen LogP contribution in [0.3, 0.4) is 0 Å². The number of hydrogen-bond donors (Lipinski definition) is 2. The molecule has 2 atom stereocenters. The standard InChI is InChI=1S/C23H37N5O2.HI/c1-3-25-23(28-14-8-9-18(17-28)15-22(24)29)26-16-20(27-12-6-7-13-27)19-10-4-5-11-21(19)30-2;/h4-5,10-11,18,20H,3,6-9,12-17H2,1-2H3,(H2,24,29)(H,25,26);1H. The number of likely N-dealkylation sites (tertiary alicyclic amines) is 2. The molecule has 2 aliphatic rings. The summed E-state index contributed by atoms with van der Waals surface area (Å²) in [5.74, 6) is 1.96. The first-order valence-corrected chi connectivity index (χ1v) is 11.3. The topological polar surface area (TPSA) is 83.2 Å². The number of aliphatic imine (C=N–C) groups is 1. The summed E-state index contributed by atoms with van der Waals surface area (Å²) in [5.41, 5.74) is 6.64. The van der Waals surface area contributed by atoms with Gasteiger partial charge in [-0.05, 0) is 57.7 Å². The van der Waals surface area contributed by atoms with Gasteiger partial charge in [-0.25, -0.2) is 0 Å². The Bertz CT molecular complexity index is 724. The molecule has 1 aromatic carbocycles. The molecular formula is C23H38IN5O2. The predicted molar refractivity (Wildman–Crippen MR) is 136 cm³/mol. The highest BCUT2D eigenvalue weighted by Gasteiger charge is 2.27. The first-order valence-electron chi connectivity index (χ1n) is 11.3. The third-order valence-electron chi connectivity index (χ3n) is 6.14. The Morgan fingerprint density at radius 3 is 2.68 bits per heavy atom. The molecule has 0 saturated carbocycles. The summed E-state index contributed by atoms with van der Waals surface area (Å²) >= 11 is 0. The van der Waals surface area contributed by atoms with Crippen molar-refractivity contribution in [3.63, 3.8) is 0 Å². The summed E-state index contributed by atoms with van der Waals surface area (Å²) in [5, 5.41) is 3.46. The van der Waals surface area contributed by atoms with E-state index in [0.717, 1.165) is 57.3 Å². The molecule has 0 bridgehead atoms. The molecule has 1 aromatic rings. The SMILES string of the molecule is CCNC(=NCC(c1ccccc1OC)N1CCCC1)N1CCCC(CC(N)=O)C1.I. The number of benzene rings is 1. The van der Waals surface area contributed by atoms with E-state index in [-0.39, 0.29) is 35.9 Å². The zero-order valence-corrected chi connectivity index (χ0v) is 21.2. The van der Waals surface area contributed by atoms with Crippen LogP contribution in [-0.4, -0.2) is 68.0 Å². The van der Waals surface area contributed by atoms with Gasteiger partial charge in [0.15, 0.2) is 5.96 Å². The van der Waals surface area contributed by atoms with Crippen molar-refractivity contribution in [3.8, 4) is 5.75 Å². The summed E-state index contributed by atoms with van der Waals surface area (Å²) in [7, 11) is 1.74. The Morgan fingerprint density at radius 1 is 1.26 bits per heavy atom. The Morgan fingerprint density at radius 2 is 2.00 bits per heavy atom. The normalized spacial score (nSPS) is 20.8. The van der Waals surface area contributed by atoms with Crippen LogP contribution in [-0.2, 0) is 4.79 Å².